The molecule has 1 aliphatic heterocycles. The van der Waals surface area contributed by atoms with Gasteiger partial charge < -0.3 is 24.4 Å². The molecular formula is C24H30N2O4. The van der Waals surface area contributed by atoms with Crippen LogP contribution in [-0.2, 0) is 9.53 Å². The molecule has 1 aliphatic rings. The van der Waals surface area contributed by atoms with E-state index in [1.807, 2.05) is 57.2 Å². The summed E-state index contributed by atoms with van der Waals surface area (Å²) in [6, 6.07) is 11.8. The summed E-state index contributed by atoms with van der Waals surface area (Å²) in [6.45, 7) is 9.87. The number of amides is 1. The number of carbonyl (C=O) groups excluding carboxylic acids is 1. The van der Waals surface area contributed by atoms with Crippen LogP contribution in [0.5, 0.6) is 11.5 Å². The highest BCUT2D eigenvalue weighted by Crippen LogP contribution is 2.39. The smallest absolute Gasteiger partial charge is 0.248 e. The Morgan fingerprint density at radius 2 is 1.73 bits per heavy atom. The molecule has 0 spiro atoms. The van der Waals surface area contributed by atoms with Gasteiger partial charge in [-0.3, -0.25) is 4.79 Å². The molecule has 2 aromatic rings. The van der Waals surface area contributed by atoms with E-state index in [1.54, 1.807) is 6.08 Å². The molecule has 3 rings (SSSR count). The molecule has 0 aromatic heterocycles. The summed E-state index contributed by atoms with van der Waals surface area (Å²) in [5.41, 5.74) is 3.70. The first kappa shape index (κ1) is 21.7. The van der Waals surface area contributed by atoms with Crippen LogP contribution in [0, 0.1) is 6.92 Å². The first-order valence-electron chi connectivity index (χ1n) is 10.4. The van der Waals surface area contributed by atoms with E-state index in [4.69, 9.17) is 14.2 Å². The first-order chi connectivity index (χ1) is 14.6. The fourth-order valence-electron chi connectivity index (χ4n) is 3.27. The Kier molecular flexibility index (Phi) is 7.74. The molecule has 6 heteroatoms. The predicted molar refractivity (Wildman–Crippen MR) is 121 cm³/mol. The molecule has 0 bridgehead atoms. The molecule has 0 atom stereocenters. The number of nitrogens with zero attached hydrogens (tertiary/aromatic N) is 1. The highest BCUT2D eigenvalue weighted by molar-refractivity contribution is 6.03. The van der Waals surface area contributed by atoms with Crippen molar-refractivity contribution in [3.05, 3.63) is 53.6 Å². The van der Waals surface area contributed by atoms with E-state index in [0.29, 0.717) is 37.9 Å². The average molecular weight is 411 g/mol. The normalized spacial score (nSPS) is 14.0. The highest BCUT2D eigenvalue weighted by Gasteiger charge is 2.20. The van der Waals surface area contributed by atoms with Crippen LogP contribution in [0.25, 0.3) is 6.08 Å². The van der Waals surface area contributed by atoms with Gasteiger partial charge in [-0.05, 0) is 32.4 Å². The van der Waals surface area contributed by atoms with Gasteiger partial charge >= 0.3 is 0 Å². The van der Waals surface area contributed by atoms with Crippen molar-refractivity contribution >= 4 is 23.4 Å². The number of benzene rings is 2. The quantitative estimate of drug-likeness (QED) is 0.658. The van der Waals surface area contributed by atoms with Crippen LogP contribution in [0.1, 0.15) is 25.0 Å². The van der Waals surface area contributed by atoms with E-state index in [2.05, 4.69) is 10.2 Å². The maximum absolute atomic E-state index is 12.5. The van der Waals surface area contributed by atoms with Crippen molar-refractivity contribution in [1.29, 1.82) is 0 Å². The third kappa shape index (κ3) is 5.76. The van der Waals surface area contributed by atoms with Crippen molar-refractivity contribution in [2.45, 2.75) is 20.8 Å². The maximum Gasteiger partial charge on any atom is 0.248 e. The van der Waals surface area contributed by atoms with Gasteiger partial charge in [0.1, 0.15) is 11.5 Å². The van der Waals surface area contributed by atoms with Crippen molar-refractivity contribution in [2.24, 2.45) is 0 Å². The molecule has 30 heavy (non-hydrogen) atoms. The molecule has 2 aromatic carbocycles. The van der Waals surface area contributed by atoms with E-state index < -0.39 is 0 Å². The average Bonchev–Trinajstić information content (AvgIpc) is 2.76. The Bertz CT molecular complexity index is 872. The van der Waals surface area contributed by atoms with Crippen molar-refractivity contribution in [2.75, 3.05) is 49.7 Å². The molecule has 1 saturated heterocycles. The van der Waals surface area contributed by atoms with Crippen molar-refractivity contribution in [3.8, 4) is 11.5 Å². The Labute approximate surface area is 178 Å². The monoisotopic (exact) mass is 410 g/mol. The van der Waals surface area contributed by atoms with E-state index in [1.165, 1.54) is 11.6 Å². The molecule has 160 valence electrons. The van der Waals surface area contributed by atoms with Crippen LogP contribution in [0.15, 0.2) is 42.5 Å². The fourth-order valence-corrected chi connectivity index (χ4v) is 3.27. The van der Waals surface area contributed by atoms with Gasteiger partial charge in [-0.25, -0.2) is 0 Å². The molecule has 1 heterocycles. The Morgan fingerprint density at radius 1 is 1.07 bits per heavy atom. The van der Waals surface area contributed by atoms with E-state index >= 15 is 0 Å². The minimum atomic E-state index is -0.224. The lowest BCUT2D eigenvalue weighted by molar-refractivity contribution is -0.111. The van der Waals surface area contributed by atoms with Gasteiger partial charge in [0.2, 0.25) is 5.91 Å². The standard InChI is InChI=1S/C24H30N2O4/c1-4-29-22-17-21(26-12-14-28-15-13-26)23(30-5-2)16-20(22)25-24(27)11-10-19-8-6-18(3)7-9-19/h6-11,16-17H,4-5,12-15H2,1-3H3,(H,25,27). The van der Waals surface area contributed by atoms with E-state index in [9.17, 15) is 4.79 Å². The second kappa shape index (κ2) is 10.7. The highest BCUT2D eigenvalue weighted by atomic mass is 16.5. The summed E-state index contributed by atoms with van der Waals surface area (Å²) in [5.74, 6) is 1.12. The van der Waals surface area contributed by atoms with Crippen LogP contribution in [0.2, 0.25) is 0 Å². The Balaban J connectivity index is 1.83. The number of aryl methyl sites for hydroxylation is 1. The summed E-state index contributed by atoms with van der Waals surface area (Å²) in [5, 5.41) is 2.93. The Hall–Kier alpha value is -2.99. The number of ether oxygens (including phenoxy) is 3. The van der Waals surface area contributed by atoms with Gasteiger partial charge in [-0.15, -0.1) is 0 Å². The van der Waals surface area contributed by atoms with Gasteiger partial charge in [0, 0.05) is 31.3 Å². The molecule has 6 nitrogen and oxygen atoms in total. The molecule has 1 amide bonds. The Morgan fingerprint density at radius 3 is 2.40 bits per heavy atom. The van der Waals surface area contributed by atoms with Gasteiger partial charge in [-0.1, -0.05) is 29.8 Å². The van der Waals surface area contributed by atoms with Crippen molar-refractivity contribution in [3.63, 3.8) is 0 Å². The zero-order valence-electron chi connectivity index (χ0n) is 17.9. The SMILES string of the molecule is CCOc1cc(N2CCOCC2)c(OCC)cc1NC(=O)C=Cc1ccc(C)cc1. The lowest BCUT2D eigenvalue weighted by Crippen LogP contribution is -2.36. The van der Waals surface area contributed by atoms with Crippen LogP contribution in [-0.4, -0.2) is 45.4 Å². The van der Waals surface area contributed by atoms with Crippen LogP contribution < -0.4 is 19.7 Å². The third-order valence-corrected chi connectivity index (χ3v) is 4.77. The van der Waals surface area contributed by atoms with Gasteiger partial charge in [0.05, 0.1) is 37.8 Å². The number of carbonyl (C=O) groups is 1. The van der Waals surface area contributed by atoms with Crippen LogP contribution in [0.3, 0.4) is 0 Å². The van der Waals surface area contributed by atoms with Crippen molar-refractivity contribution < 1.29 is 19.0 Å². The summed E-state index contributed by atoms with van der Waals surface area (Å²) < 4.78 is 17.2. The number of rotatable bonds is 8. The molecule has 1 N–H and O–H groups in total. The largest absolute Gasteiger partial charge is 0.492 e. The van der Waals surface area contributed by atoms with Gasteiger partial charge in [0.15, 0.2) is 0 Å². The number of nitrogens with one attached hydrogen (secondary N) is 1. The molecule has 0 aliphatic carbocycles. The van der Waals surface area contributed by atoms with E-state index in [-0.39, 0.29) is 5.91 Å². The number of morpholine rings is 1. The molecule has 0 radical (unpaired) electrons. The lowest BCUT2D eigenvalue weighted by Gasteiger charge is -2.31. The van der Waals surface area contributed by atoms with Crippen LogP contribution >= 0.6 is 0 Å². The zero-order valence-corrected chi connectivity index (χ0v) is 17.9. The minimum Gasteiger partial charge on any atom is -0.492 e. The summed E-state index contributed by atoms with van der Waals surface area (Å²) >= 11 is 0. The predicted octanol–water partition coefficient (Wildman–Crippen LogP) is 4.28. The number of anilines is 2. The second-order valence-corrected chi connectivity index (χ2v) is 7.01. The van der Waals surface area contributed by atoms with E-state index in [0.717, 1.165) is 30.1 Å². The summed E-state index contributed by atoms with van der Waals surface area (Å²) in [7, 11) is 0. The van der Waals surface area contributed by atoms with Crippen LogP contribution in [0.4, 0.5) is 11.4 Å². The molecular weight excluding hydrogens is 380 g/mol. The number of hydrogen-bond acceptors (Lipinski definition) is 5. The van der Waals surface area contributed by atoms with Gasteiger partial charge in [0.25, 0.3) is 0 Å². The van der Waals surface area contributed by atoms with Crippen molar-refractivity contribution in [1.82, 2.24) is 0 Å². The summed E-state index contributed by atoms with van der Waals surface area (Å²) in [4.78, 5) is 14.8. The zero-order chi connectivity index (χ0) is 21.3. The first-order valence-corrected chi connectivity index (χ1v) is 10.4. The molecule has 1 fully saturated rings. The topological polar surface area (TPSA) is 60.0 Å². The molecule has 0 saturated carbocycles. The minimum absolute atomic E-state index is 0.224. The summed E-state index contributed by atoms with van der Waals surface area (Å²) in [6.07, 6.45) is 3.32. The number of hydrogen-bond donors (Lipinski definition) is 1. The second-order valence-electron chi connectivity index (χ2n) is 7.01. The molecule has 0 unspecified atom stereocenters. The van der Waals surface area contributed by atoms with Gasteiger partial charge in [-0.2, -0.15) is 0 Å². The maximum atomic E-state index is 12.5. The third-order valence-electron chi connectivity index (χ3n) is 4.77. The lowest BCUT2D eigenvalue weighted by atomic mass is 10.1. The fraction of sp³-hybridized carbons (Fsp3) is 0.375.